The third-order valence-corrected chi connectivity index (χ3v) is 4.01. The second-order valence-corrected chi connectivity index (χ2v) is 5.74. The van der Waals surface area contributed by atoms with E-state index in [0.717, 1.165) is 5.69 Å². The van der Waals surface area contributed by atoms with Crippen LogP contribution in [-0.4, -0.2) is 25.0 Å². The third kappa shape index (κ3) is 3.10. The molecule has 0 unspecified atom stereocenters. The van der Waals surface area contributed by atoms with Crippen LogP contribution in [-0.2, 0) is 11.3 Å². The Kier molecular flexibility index (Phi) is 4.03. The van der Waals surface area contributed by atoms with Crippen molar-refractivity contribution in [1.82, 2.24) is 19.1 Å². The molecular weight excluding hydrogens is 330 g/mol. The van der Waals surface area contributed by atoms with E-state index < -0.39 is 0 Å². The van der Waals surface area contributed by atoms with Crippen molar-refractivity contribution in [3.8, 4) is 5.69 Å². The molecule has 0 aliphatic carbocycles. The molecule has 7 heteroatoms. The van der Waals surface area contributed by atoms with Crippen molar-refractivity contribution >= 4 is 22.6 Å². The molecule has 2 heterocycles. The zero-order chi connectivity index (χ0) is 17.9. The van der Waals surface area contributed by atoms with Crippen molar-refractivity contribution in [3.05, 3.63) is 83.8 Å². The molecule has 0 aliphatic rings. The highest BCUT2D eigenvalue weighted by atomic mass is 16.2. The molecule has 0 aliphatic heterocycles. The minimum Gasteiger partial charge on any atom is -0.325 e. The quantitative estimate of drug-likeness (QED) is 0.615. The second-order valence-electron chi connectivity index (χ2n) is 5.74. The van der Waals surface area contributed by atoms with Crippen LogP contribution in [0.3, 0.4) is 0 Å². The van der Waals surface area contributed by atoms with Gasteiger partial charge in [-0.05, 0) is 36.4 Å². The van der Waals surface area contributed by atoms with E-state index in [0.29, 0.717) is 16.7 Å². The van der Waals surface area contributed by atoms with E-state index in [4.69, 9.17) is 0 Å². The predicted octanol–water partition coefficient (Wildman–Crippen LogP) is 2.22. The Bertz CT molecular complexity index is 1110. The maximum absolute atomic E-state index is 12.4. The Labute approximate surface area is 148 Å². The summed E-state index contributed by atoms with van der Waals surface area (Å²) in [4.78, 5) is 32.6. The van der Waals surface area contributed by atoms with Crippen LogP contribution in [0, 0.1) is 0 Å². The molecule has 2 aromatic heterocycles. The van der Waals surface area contributed by atoms with Gasteiger partial charge in [0.2, 0.25) is 5.91 Å². The molecule has 0 atom stereocenters. The molecule has 0 bridgehead atoms. The molecule has 2 aromatic carbocycles. The smallest absolute Gasteiger partial charge is 0.269 e. The number of rotatable bonds is 4. The predicted molar refractivity (Wildman–Crippen MR) is 98.2 cm³/mol. The summed E-state index contributed by atoms with van der Waals surface area (Å²) >= 11 is 0. The summed E-state index contributed by atoms with van der Waals surface area (Å²) in [5.74, 6) is -0.279. The number of anilines is 1. The normalized spacial score (nSPS) is 10.8. The molecule has 4 aromatic rings. The molecule has 4 rings (SSSR count). The first kappa shape index (κ1) is 15.8. The maximum atomic E-state index is 12.4. The van der Waals surface area contributed by atoms with Crippen LogP contribution < -0.4 is 10.9 Å². The number of hydrogen-bond donors (Lipinski definition) is 1. The first-order chi connectivity index (χ1) is 12.7. The van der Waals surface area contributed by atoms with Crippen LogP contribution in [0.5, 0.6) is 0 Å². The van der Waals surface area contributed by atoms with E-state index in [-0.39, 0.29) is 18.0 Å². The topological polar surface area (TPSA) is 81.8 Å². The highest BCUT2D eigenvalue weighted by Crippen LogP contribution is 2.13. The second kappa shape index (κ2) is 6.64. The van der Waals surface area contributed by atoms with E-state index in [1.807, 2.05) is 35.0 Å². The Morgan fingerprint density at radius 3 is 2.65 bits per heavy atom. The fraction of sp³-hybridized carbons (Fsp3) is 0.0526. The van der Waals surface area contributed by atoms with Crippen LogP contribution in [0.25, 0.3) is 16.7 Å². The first-order valence-corrected chi connectivity index (χ1v) is 8.03. The van der Waals surface area contributed by atoms with Gasteiger partial charge in [0.1, 0.15) is 6.54 Å². The summed E-state index contributed by atoms with van der Waals surface area (Å²) in [5.41, 5.74) is 2.59. The molecule has 0 spiro atoms. The summed E-state index contributed by atoms with van der Waals surface area (Å²) in [5, 5.41) is 2.81. The van der Waals surface area contributed by atoms with Gasteiger partial charge in [0.25, 0.3) is 5.56 Å². The molecule has 0 radical (unpaired) electrons. The lowest BCUT2D eigenvalue weighted by Crippen LogP contribution is -2.27. The first-order valence-electron chi connectivity index (χ1n) is 8.03. The average molecular weight is 345 g/mol. The van der Waals surface area contributed by atoms with Crippen LogP contribution in [0.1, 0.15) is 0 Å². The Balaban J connectivity index is 1.53. The van der Waals surface area contributed by atoms with Crippen LogP contribution >= 0.6 is 0 Å². The number of fused-ring (bicyclic) bond motifs is 1. The number of nitrogens with one attached hydrogen (secondary N) is 1. The van der Waals surface area contributed by atoms with Crippen LogP contribution in [0.2, 0.25) is 0 Å². The molecule has 7 nitrogen and oxygen atoms in total. The van der Waals surface area contributed by atoms with Gasteiger partial charge in [-0.2, -0.15) is 0 Å². The van der Waals surface area contributed by atoms with E-state index in [9.17, 15) is 9.59 Å². The number of imidazole rings is 1. The lowest BCUT2D eigenvalue weighted by molar-refractivity contribution is -0.116. The van der Waals surface area contributed by atoms with Crippen molar-refractivity contribution in [2.75, 3.05) is 5.32 Å². The van der Waals surface area contributed by atoms with E-state index in [1.54, 1.807) is 36.8 Å². The van der Waals surface area contributed by atoms with Crippen molar-refractivity contribution < 1.29 is 4.79 Å². The van der Waals surface area contributed by atoms with E-state index in [1.165, 1.54) is 10.8 Å². The zero-order valence-corrected chi connectivity index (χ0v) is 13.7. The zero-order valence-electron chi connectivity index (χ0n) is 13.7. The van der Waals surface area contributed by atoms with E-state index >= 15 is 0 Å². The standard InChI is InChI=1S/C19H15N5O2/c25-18(12-24-17-4-2-1-3-16(17)21-11-19(24)26)22-14-5-7-15(8-6-14)23-10-9-20-13-23/h1-11,13H,12H2,(H,22,25). The Morgan fingerprint density at radius 1 is 1.08 bits per heavy atom. The number of carbonyl (C=O) groups is 1. The number of benzene rings is 2. The minimum atomic E-state index is -0.311. The van der Waals surface area contributed by atoms with Gasteiger partial charge >= 0.3 is 0 Å². The number of carbonyl (C=O) groups excluding carboxylic acids is 1. The van der Waals surface area contributed by atoms with E-state index in [2.05, 4.69) is 15.3 Å². The SMILES string of the molecule is O=C(Cn1c(=O)cnc2ccccc21)Nc1ccc(-n2ccnc2)cc1. The lowest BCUT2D eigenvalue weighted by atomic mass is 10.2. The van der Waals surface area contributed by atoms with Gasteiger partial charge in [0.15, 0.2) is 0 Å². The summed E-state index contributed by atoms with van der Waals surface area (Å²) in [6.45, 7) is -0.0782. The summed E-state index contributed by atoms with van der Waals surface area (Å²) < 4.78 is 3.28. The highest BCUT2D eigenvalue weighted by molar-refractivity contribution is 5.91. The van der Waals surface area contributed by atoms with Gasteiger partial charge in [-0.15, -0.1) is 0 Å². The largest absolute Gasteiger partial charge is 0.325 e. The highest BCUT2D eigenvalue weighted by Gasteiger charge is 2.09. The molecule has 1 N–H and O–H groups in total. The summed E-state index contributed by atoms with van der Waals surface area (Å²) in [6, 6.07) is 14.6. The summed E-state index contributed by atoms with van der Waals surface area (Å²) in [7, 11) is 0. The molecular formula is C19H15N5O2. The number of nitrogens with zero attached hydrogens (tertiary/aromatic N) is 4. The van der Waals surface area contributed by atoms with Gasteiger partial charge < -0.3 is 9.88 Å². The molecule has 128 valence electrons. The molecule has 0 saturated carbocycles. The number of hydrogen-bond acceptors (Lipinski definition) is 4. The maximum Gasteiger partial charge on any atom is 0.269 e. The van der Waals surface area contributed by atoms with Gasteiger partial charge in [-0.3, -0.25) is 14.2 Å². The van der Waals surface area contributed by atoms with Gasteiger partial charge in [-0.1, -0.05) is 12.1 Å². The Hall–Kier alpha value is -3.74. The molecule has 0 fully saturated rings. The number of para-hydroxylation sites is 2. The summed E-state index contributed by atoms with van der Waals surface area (Å²) in [6.07, 6.45) is 6.48. The molecule has 26 heavy (non-hydrogen) atoms. The van der Waals surface area contributed by atoms with Crippen molar-refractivity contribution in [2.24, 2.45) is 0 Å². The monoisotopic (exact) mass is 345 g/mol. The Morgan fingerprint density at radius 2 is 1.88 bits per heavy atom. The molecule has 1 amide bonds. The number of amides is 1. The minimum absolute atomic E-state index is 0.0782. The van der Waals surface area contributed by atoms with Crippen LogP contribution in [0.15, 0.2) is 78.2 Å². The fourth-order valence-corrected chi connectivity index (χ4v) is 2.75. The van der Waals surface area contributed by atoms with Gasteiger partial charge in [-0.25, -0.2) is 9.97 Å². The third-order valence-electron chi connectivity index (χ3n) is 4.01. The fourth-order valence-electron chi connectivity index (χ4n) is 2.75. The van der Waals surface area contributed by atoms with Crippen LogP contribution in [0.4, 0.5) is 5.69 Å². The van der Waals surface area contributed by atoms with Crippen molar-refractivity contribution in [1.29, 1.82) is 0 Å². The lowest BCUT2D eigenvalue weighted by Gasteiger charge is -2.10. The van der Waals surface area contributed by atoms with Crippen molar-refractivity contribution in [2.45, 2.75) is 6.54 Å². The van der Waals surface area contributed by atoms with Gasteiger partial charge in [0, 0.05) is 23.8 Å². The number of aromatic nitrogens is 4. The van der Waals surface area contributed by atoms with Gasteiger partial charge in [0.05, 0.1) is 23.6 Å². The van der Waals surface area contributed by atoms with Crippen molar-refractivity contribution in [3.63, 3.8) is 0 Å². The molecule has 0 saturated heterocycles. The average Bonchev–Trinajstić information content (AvgIpc) is 3.19.